The van der Waals surface area contributed by atoms with Crippen molar-refractivity contribution in [3.05, 3.63) is 9.28 Å². The van der Waals surface area contributed by atoms with Gasteiger partial charge in [0.05, 0.1) is 5.04 Å². The van der Waals surface area contributed by atoms with E-state index in [-0.39, 0.29) is 0 Å². The standard InChI is InChI=1S/C7H13IN2S/c1-5(4-9-3)7(8)10-6(2)11/h9H,4H2,1-3H3,(H,10,11)/b7-5+. The minimum atomic E-state index is 0.796. The van der Waals surface area contributed by atoms with E-state index in [1.807, 2.05) is 14.0 Å². The van der Waals surface area contributed by atoms with Crippen molar-refractivity contribution >= 4 is 40.3 Å². The Morgan fingerprint density at radius 3 is 2.45 bits per heavy atom. The molecule has 4 heteroatoms. The highest BCUT2D eigenvalue weighted by molar-refractivity contribution is 14.1. The largest absolute Gasteiger partial charge is 0.316 e. The van der Waals surface area contributed by atoms with Crippen molar-refractivity contribution in [2.45, 2.75) is 13.8 Å². The van der Waals surface area contributed by atoms with E-state index >= 15 is 0 Å². The van der Waals surface area contributed by atoms with Gasteiger partial charge in [-0.3, -0.25) is 0 Å². The second-order valence-electron chi connectivity index (χ2n) is 2.26. The second-order valence-corrected chi connectivity index (χ2v) is 3.93. The molecule has 0 saturated carbocycles. The zero-order chi connectivity index (χ0) is 8.85. The molecule has 0 aromatic carbocycles. The topological polar surface area (TPSA) is 24.4 Å². The van der Waals surface area contributed by atoms with Gasteiger partial charge in [0.15, 0.2) is 0 Å². The molecule has 0 unspecified atom stereocenters. The summed E-state index contributed by atoms with van der Waals surface area (Å²) in [5.74, 6) is 0. The number of hydrogen-bond acceptors (Lipinski definition) is 2. The Morgan fingerprint density at radius 1 is 1.55 bits per heavy atom. The fraction of sp³-hybridized carbons (Fsp3) is 0.571. The number of nitrogens with zero attached hydrogens (tertiary/aromatic N) is 1. The molecule has 0 fully saturated rings. The lowest BCUT2D eigenvalue weighted by molar-refractivity contribution is 0.876. The number of thiol groups is 1. The van der Waals surface area contributed by atoms with Gasteiger partial charge in [-0.15, -0.1) is 12.6 Å². The lowest BCUT2D eigenvalue weighted by Gasteiger charge is -2.00. The maximum Gasteiger partial charge on any atom is 0.102 e. The number of aliphatic imine (C=N–C) groups is 1. The summed E-state index contributed by atoms with van der Waals surface area (Å²) in [5, 5.41) is 3.86. The number of hydrogen-bond donors (Lipinski definition) is 2. The fourth-order valence-corrected chi connectivity index (χ4v) is 1.42. The minimum absolute atomic E-state index is 0.796. The van der Waals surface area contributed by atoms with Gasteiger partial charge in [0.2, 0.25) is 0 Å². The first kappa shape index (κ1) is 11.4. The van der Waals surface area contributed by atoms with Crippen molar-refractivity contribution in [1.29, 1.82) is 0 Å². The molecule has 0 saturated heterocycles. The van der Waals surface area contributed by atoms with E-state index < -0.39 is 0 Å². The smallest absolute Gasteiger partial charge is 0.102 e. The third-order valence-corrected chi connectivity index (χ3v) is 2.32. The lowest BCUT2D eigenvalue weighted by Crippen LogP contribution is -2.09. The Hall–Kier alpha value is 0.450. The highest BCUT2D eigenvalue weighted by atomic mass is 127. The van der Waals surface area contributed by atoms with Crippen LogP contribution in [0.3, 0.4) is 0 Å². The van der Waals surface area contributed by atoms with Crippen LogP contribution >= 0.6 is 35.2 Å². The van der Waals surface area contributed by atoms with Crippen LogP contribution < -0.4 is 5.32 Å². The highest BCUT2D eigenvalue weighted by Gasteiger charge is 1.94. The van der Waals surface area contributed by atoms with Crippen molar-refractivity contribution in [3.8, 4) is 0 Å². The quantitative estimate of drug-likeness (QED) is 0.268. The zero-order valence-corrected chi connectivity index (χ0v) is 10.0. The van der Waals surface area contributed by atoms with Crippen LogP contribution in [0.4, 0.5) is 0 Å². The van der Waals surface area contributed by atoms with Crippen LogP contribution in [-0.2, 0) is 0 Å². The predicted molar refractivity (Wildman–Crippen MR) is 62.7 cm³/mol. The molecule has 11 heavy (non-hydrogen) atoms. The van der Waals surface area contributed by atoms with Gasteiger partial charge in [-0.05, 0) is 49.1 Å². The second kappa shape index (κ2) is 6.02. The molecule has 0 heterocycles. The molecule has 64 valence electrons. The van der Waals surface area contributed by atoms with E-state index in [2.05, 4.69) is 52.5 Å². The Morgan fingerprint density at radius 2 is 2.09 bits per heavy atom. The number of likely N-dealkylation sites (N-methyl/N-ethyl adjacent to an activating group) is 1. The van der Waals surface area contributed by atoms with E-state index in [9.17, 15) is 0 Å². The van der Waals surface area contributed by atoms with Crippen LogP contribution in [-0.4, -0.2) is 18.6 Å². The molecule has 0 radical (unpaired) electrons. The molecular formula is C7H13IN2S. The molecule has 0 rings (SSSR count). The first-order chi connectivity index (χ1) is 5.07. The summed E-state index contributed by atoms with van der Waals surface area (Å²) in [6, 6.07) is 0. The number of rotatable bonds is 3. The maximum atomic E-state index is 4.20. The van der Waals surface area contributed by atoms with Gasteiger partial charge in [-0.1, -0.05) is 0 Å². The molecule has 0 spiro atoms. The lowest BCUT2D eigenvalue weighted by atomic mass is 10.3. The van der Waals surface area contributed by atoms with Crippen LogP contribution in [0.2, 0.25) is 0 Å². The van der Waals surface area contributed by atoms with E-state index in [4.69, 9.17) is 0 Å². The third-order valence-electron chi connectivity index (χ3n) is 1.05. The van der Waals surface area contributed by atoms with Crippen molar-refractivity contribution in [3.63, 3.8) is 0 Å². The summed E-state index contributed by atoms with van der Waals surface area (Å²) >= 11 is 6.30. The molecule has 0 aromatic rings. The van der Waals surface area contributed by atoms with Crippen LogP contribution in [0.5, 0.6) is 0 Å². The van der Waals surface area contributed by atoms with Gasteiger partial charge in [-0.2, -0.15) is 0 Å². The minimum Gasteiger partial charge on any atom is -0.316 e. The van der Waals surface area contributed by atoms with Crippen LogP contribution in [0.15, 0.2) is 14.3 Å². The molecule has 0 aromatic heterocycles. The van der Waals surface area contributed by atoms with Gasteiger partial charge < -0.3 is 5.32 Å². The van der Waals surface area contributed by atoms with Crippen molar-refractivity contribution in [1.82, 2.24) is 5.32 Å². The Balaban J connectivity index is 4.27. The summed E-state index contributed by atoms with van der Waals surface area (Å²) < 4.78 is 1.02. The predicted octanol–water partition coefficient (Wildman–Crippen LogP) is 2.22. The Bertz CT molecular complexity index is 183. The first-order valence-corrected chi connectivity index (χ1v) is 4.84. The van der Waals surface area contributed by atoms with E-state index in [0.29, 0.717) is 0 Å². The Labute approximate surface area is 87.1 Å². The average molecular weight is 284 g/mol. The van der Waals surface area contributed by atoms with Crippen molar-refractivity contribution in [2.24, 2.45) is 4.99 Å². The van der Waals surface area contributed by atoms with Gasteiger partial charge in [0, 0.05) is 6.54 Å². The molecule has 0 atom stereocenters. The summed E-state index contributed by atoms with van der Waals surface area (Å²) in [7, 11) is 1.92. The number of nitrogens with one attached hydrogen (secondary N) is 1. The molecular weight excluding hydrogens is 271 g/mol. The maximum absolute atomic E-state index is 4.20. The number of halogens is 1. The molecule has 2 nitrogen and oxygen atoms in total. The Kier molecular flexibility index (Phi) is 6.27. The van der Waals surface area contributed by atoms with Crippen LogP contribution in [0, 0.1) is 0 Å². The third kappa shape index (κ3) is 5.69. The molecule has 1 N–H and O–H groups in total. The summed E-state index contributed by atoms with van der Waals surface area (Å²) in [6.45, 7) is 4.80. The average Bonchev–Trinajstić information content (AvgIpc) is 1.86. The zero-order valence-electron chi connectivity index (χ0n) is 6.98. The normalized spacial score (nSPS) is 14.8. The van der Waals surface area contributed by atoms with Crippen LogP contribution in [0.25, 0.3) is 0 Å². The molecule has 0 aliphatic carbocycles. The van der Waals surface area contributed by atoms with E-state index in [1.54, 1.807) is 0 Å². The monoisotopic (exact) mass is 284 g/mol. The van der Waals surface area contributed by atoms with E-state index in [0.717, 1.165) is 15.3 Å². The molecule has 0 amide bonds. The molecule has 0 aliphatic heterocycles. The van der Waals surface area contributed by atoms with Gasteiger partial charge >= 0.3 is 0 Å². The van der Waals surface area contributed by atoms with Crippen molar-refractivity contribution < 1.29 is 0 Å². The SMILES string of the molecule is CNC/C(C)=C(I)/N=C(/C)S. The van der Waals surface area contributed by atoms with Crippen molar-refractivity contribution in [2.75, 3.05) is 13.6 Å². The summed E-state index contributed by atoms with van der Waals surface area (Å²) in [4.78, 5) is 4.20. The van der Waals surface area contributed by atoms with Gasteiger partial charge in [0.1, 0.15) is 3.70 Å². The first-order valence-electron chi connectivity index (χ1n) is 3.32. The summed E-state index contributed by atoms with van der Waals surface area (Å²) in [5.41, 5.74) is 1.24. The van der Waals surface area contributed by atoms with Gasteiger partial charge in [0.25, 0.3) is 0 Å². The van der Waals surface area contributed by atoms with Crippen LogP contribution in [0.1, 0.15) is 13.8 Å². The molecule has 0 bridgehead atoms. The fourth-order valence-electron chi connectivity index (χ4n) is 0.576. The molecule has 0 aliphatic rings. The summed E-state index contributed by atoms with van der Waals surface area (Å²) in [6.07, 6.45) is 0. The van der Waals surface area contributed by atoms with Gasteiger partial charge in [-0.25, -0.2) is 4.99 Å². The highest BCUT2D eigenvalue weighted by Crippen LogP contribution is 2.14. The van der Waals surface area contributed by atoms with E-state index in [1.165, 1.54) is 5.57 Å².